The molecule has 0 aliphatic carbocycles. The highest BCUT2D eigenvalue weighted by molar-refractivity contribution is 7.80. The molecule has 18 heavy (non-hydrogen) atoms. The molecule has 1 rings (SSSR count). The summed E-state index contributed by atoms with van der Waals surface area (Å²) in [6.45, 7) is 5.62. The van der Waals surface area contributed by atoms with Gasteiger partial charge in [0.05, 0.1) is 11.0 Å². The summed E-state index contributed by atoms with van der Waals surface area (Å²) in [5, 5.41) is 12.3. The van der Waals surface area contributed by atoms with Crippen LogP contribution in [-0.2, 0) is 0 Å². The van der Waals surface area contributed by atoms with Crippen molar-refractivity contribution in [2.75, 3.05) is 0 Å². The fraction of sp³-hybridized carbons (Fsp3) is 0.385. The summed E-state index contributed by atoms with van der Waals surface area (Å²) < 4.78 is 0. The molecule has 1 aromatic rings. The summed E-state index contributed by atoms with van der Waals surface area (Å²) in [6.07, 6.45) is 0. The number of aryl methyl sites for hydroxylation is 1. The summed E-state index contributed by atoms with van der Waals surface area (Å²) in [6, 6.07) is 4.43. The Labute approximate surface area is 112 Å². The first-order valence-corrected chi connectivity index (χ1v) is 6.13. The van der Waals surface area contributed by atoms with Crippen molar-refractivity contribution in [1.82, 2.24) is 5.32 Å². The zero-order chi connectivity index (χ0) is 13.9. The van der Waals surface area contributed by atoms with E-state index in [1.54, 1.807) is 19.1 Å². The first-order valence-electron chi connectivity index (χ1n) is 5.72. The minimum atomic E-state index is -0.351. The average Bonchev–Trinajstić information content (AvgIpc) is 2.28. The van der Waals surface area contributed by atoms with Crippen LogP contribution in [0.3, 0.4) is 0 Å². The minimum absolute atomic E-state index is 0.0964. The molecule has 1 atom stereocenters. The highest BCUT2D eigenvalue weighted by Gasteiger charge is 2.19. The Morgan fingerprint density at radius 1 is 1.44 bits per heavy atom. The highest BCUT2D eigenvalue weighted by Crippen LogP contribution is 2.17. The van der Waals surface area contributed by atoms with E-state index >= 15 is 0 Å². The predicted molar refractivity (Wildman–Crippen MR) is 75.7 cm³/mol. The fourth-order valence-electron chi connectivity index (χ4n) is 1.54. The van der Waals surface area contributed by atoms with Gasteiger partial charge in [-0.1, -0.05) is 32.1 Å². The quantitative estimate of drug-likeness (QED) is 0.726. The van der Waals surface area contributed by atoms with Crippen molar-refractivity contribution in [2.45, 2.75) is 26.8 Å². The zero-order valence-corrected chi connectivity index (χ0v) is 11.5. The van der Waals surface area contributed by atoms with Crippen molar-refractivity contribution in [2.24, 2.45) is 11.7 Å². The van der Waals surface area contributed by atoms with E-state index in [1.165, 1.54) is 6.07 Å². The van der Waals surface area contributed by atoms with Crippen LogP contribution in [0.15, 0.2) is 18.2 Å². The van der Waals surface area contributed by atoms with Gasteiger partial charge >= 0.3 is 0 Å². The number of carbonyl (C=O) groups excluding carboxylic acids is 1. The summed E-state index contributed by atoms with van der Waals surface area (Å²) >= 11 is 4.92. The molecule has 1 unspecified atom stereocenters. The lowest BCUT2D eigenvalue weighted by atomic mass is 10.0. The number of aromatic hydroxyl groups is 1. The van der Waals surface area contributed by atoms with E-state index in [0.29, 0.717) is 5.56 Å². The lowest BCUT2D eigenvalue weighted by molar-refractivity contribution is 0.0939. The Balaban J connectivity index is 2.87. The molecular formula is C13H18N2O2S. The second kappa shape index (κ2) is 5.82. The molecule has 0 fully saturated rings. The number of benzene rings is 1. The number of thiocarbonyl (C=S) groups is 1. The predicted octanol–water partition coefficient (Wildman–Crippen LogP) is 1.74. The number of hydrogen-bond acceptors (Lipinski definition) is 3. The summed E-state index contributed by atoms with van der Waals surface area (Å²) in [5.41, 5.74) is 6.70. The number of hydrogen-bond donors (Lipinski definition) is 3. The topological polar surface area (TPSA) is 75.4 Å². The molecule has 0 radical (unpaired) electrons. The maximum atomic E-state index is 12.0. The van der Waals surface area contributed by atoms with Gasteiger partial charge in [-0.2, -0.15) is 0 Å². The number of phenols is 1. The van der Waals surface area contributed by atoms with Gasteiger partial charge in [-0.05, 0) is 30.5 Å². The first-order chi connectivity index (χ1) is 8.32. The molecule has 5 heteroatoms. The number of nitrogens with two attached hydrogens (primary N) is 1. The molecule has 98 valence electrons. The van der Waals surface area contributed by atoms with E-state index in [-0.39, 0.29) is 28.6 Å². The smallest absolute Gasteiger partial charge is 0.251 e. The van der Waals surface area contributed by atoms with Crippen LogP contribution < -0.4 is 11.1 Å². The Morgan fingerprint density at radius 2 is 2.06 bits per heavy atom. The van der Waals surface area contributed by atoms with Crippen LogP contribution >= 0.6 is 12.2 Å². The van der Waals surface area contributed by atoms with Gasteiger partial charge in [-0.15, -0.1) is 0 Å². The Morgan fingerprint density at radius 3 is 2.50 bits per heavy atom. The molecule has 0 saturated heterocycles. The summed E-state index contributed by atoms with van der Waals surface area (Å²) in [4.78, 5) is 12.2. The molecule has 1 aromatic carbocycles. The number of nitrogens with one attached hydrogen (secondary N) is 1. The van der Waals surface area contributed by atoms with E-state index in [2.05, 4.69) is 5.32 Å². The van der Waals surface area contributed by atoms with Crippen molar-refractivity contribution in [3.05, 3.63) is 29.3 Å². The van der Waals surface area contributed by atoms with Gasteiger partial charge in [0, 0.05) is 5.56 Å². The van der Waals surface area contributed by atoms with Crippen LogP contribution in [0.1, 0.15) is 29.8 Å². The number of phenolic OH excluding ortho intramolecular Hbond substituents is 1. The monoisotopic (exact) mass is 266 g/mol. The van der Waals surface area contributed by atoms with Crippen LogP contribution in [0.25, 0.3) is 0 Å². The molecule has 0 spiro atoms. The van der Waals surface area contributed by atoms with E-state index < -0.39 is 0 Å². The van der Waals surface area contributed by atoms with Crippen LogP contribution in [0, 0.1) is 12.8 Å². The molecule has 0 saturated carbocycles. The largest absolute Gasteiger partial charge is 0.508 e. The van der Waals surface area contributed by atoms with Gasteiger partial charge in [0.25, 0.3) is 5.91 Å². The Kier molecular flexibility index (Phi) is 4.67. The van der Waals surface area contributed by atoms with Crippen LogP contribution in [0.2, 0.25) is 0 Å². The van der Waals surface area contributed by atoms with E-state index in [4.69, 9.17) is 18.0 Å². The minimum Gasteiger partial charge on any atom is -0.508 e. The maximum Gasteiger partial charge on any atom is 0.251 e. The molecule has 0 aromatic heterocycles. The molecule has 1 amide bonds. The Bertz CT molecular complexity index is 472. The van der Waals surface area contributed by atoms with Gasteiger partial charge < -0.3 is 16.2 Å². The molecule has 0 heterocycles. The molecule has 0 aliphatic heterocycles. The number of carbonyl (C=O) groups is 1. The highest BCUT2D eigenvalue weighted by atomic mass is 32.1. The van der Waals surface area contributed by atoms with Crippen molar-refractivity contribution < 1.29 is 9.90 Å². The Hall–Kier alpha value is -1.62. The normalized spacial score (nSPS) is 12.2. The number of amides is 1. The van der Waals surface area contributed by atoms with Gasteiger partial charge in [-0.3, -0.25) is 4.79 Å². The van der Waals surface area contributed by atoms with Crippen molar-refractivity contribution in [1.29, 1.82) is 0 Å². The van der Waals surface area contributed by atoms with E-state index in [1.807, 2.05) is 13.8 Å². The molecule has 4 nitrogen and oxygen atoms in total. The second-order valence-corrected chi connectivity index (χ2v) is 5.07. The third-order valence-corrected chi connectivity index (χ3v) is 2.99. The average molecular weight is 266 g/mol. The summed E-state index contributed by atoms with van der Waals surface area (Å²) in [5.74, 6) is -0.0821. The van der Waals surface area contributed by atoms with Gasteiger partial charge in [0.15, 0.2) is 0 Å². The standard InChI is InChI=1S/C13H18N2O2S/c1-7(2)11(12(14)18)15-13(17)9-5-4-8(3)10(16)6-9/h4-7,11,16H,1-3H3,(H2,14,18)(H,15,17). The third-order valence-electron chi connectivity index (χ3n) is 2.73. The van der Waals surface area contributed by atoms with E-state index in [9.17, 15) is 9.90 Å². The third kappa shape index (κ3) is 3.43. The van der Waals surface area contributed by atoms with Gasteiger partial charge in [0.2, 0.25) is 0 Å². The lowest BCUT2D eigenvalue weighted by Gasteiger charge is -2.21. The fourth-order valence-corrected chi connectivity index (χ4v) is 1.87. The number of rotatable bonds is 4. The van der Waals surface area contributed by atoms with Crippen molar-refractivity contribution >= 4 is 23.1 Å². The molecule has 4 N–H and O–H groups in total. The lowest BCUT2D eigenvalue weighted by Crippen LogP contribution is -2.46. The van der Waals surface area contributed by atoms with Gasteiger partial charge in [0.1, 0.15) is 5.75 Å². The van der Waals surface area contributed by atoms with Crippen LogP contribution in [-0.4, -0.2) is 22.0 Å². The SMILES string of the molecule is Cc1ccc(C(=O)NC(C(N)=S)C(C)C)cc1O. The van der Waals surface area contributed by atoms with Gasteiger partial charge in [-0.25, -0.2) is 0 Å². The van der Waals surface area contributed by atoms with Crippen LogP contribution in [0.4, 0.5) is 0 Å². The first kappa shape index (κ1) is 14.4. The van der Waals surface area contributed by atoms with Crippen molar-refractivity contribution in [3.63, 3.8) is 0 Å². The molecule has 0 bridgehead atoms. The van der Waals surface area contributed by atoms with E-state index in [0.717, 1.165) is 5.56 Å². The van der Waals surface area contributed by atoms with Crippen molar-refractivity contribution in [3.8, 4) is 5.75 Å². The van der Waals surface area contributed by atoms with Crippen LogP contribution in [0.5, 0.6) is 5.75 Å². The molecule has 0 aliphatic rings. The maximum absolute atomic E-state index is 12.0. The summed E-state index contributed by atoms with van der Waals surface area (Å²) in [7, 11) is 0. The zero-order valence-electron chi connectivity index (χ0n) is 10.7. The molecular weight excluding hydrogens is 248 g/mol. The second-order valence-electron chi connectivity index (χ2n) is 4.60.